The van der Waals surface area contributed by atoms with Gasteiger partial charge < -0.3 is 10.2 Å². The van der Waals surface area contributed by atoms with Gasteiger partial charge in [0.25, 0.3) is 0 Å². The molecule has 3 aliphatic rings. The minimum Gasteiger partial charge on any atom is -0.324 e. The molecule has 164 valence electrons. The summed E-state index contributed by atoms with van der Waals surface area (Å²) in [6, 6.07) is 4.49. The van der Waals surface area contributed by atoms with Gasteiger partial charge in [0, 0.05) is 31.0 Å². The second-order valence-corrected chi connectivity index (χ2v) is 12.0. The molecule has 3 aliphatic heterocycles. The topological polar surface area (TPSA) is 86.8 Å². The number of thioether (sulfide) groups is 1. The van der Waals surface area contributed by atoms with Crippen LogP contribution in [0.1, 0.15) is 51.0 Å². The van der Waals surface area contributed by atoms with Crippen molar-refractivity contribution in [2.24, 2.45) is 0 Å². The second kappa shape index (κ2) is 8.16. The fourth-order valence-electron chi connectivity index (χ4n) is 4.62. The number of carbonyl (C=O) groups is 2. The number of amides is 2. The monoisotopic (exact) mass is 451 g/mol. The van der Waals surface area contributed by atoms with Crippen LogP contribution in [0.15, 0.2) is 23.1 Å². The van der Waals surface area contributed by atoms with Crippen LogP contribution in [0.3, 0.4) is 0 Å². The lowest BCUT2D eigenvalue weighted by Crippen LogP contribution is -2.48. The third-order valence-electron chi connectivity index (χ3n) is 6.39. The number of nitrogens with one attached hydrogen (secondary N) is 1. The Hall–Kier alpha value is -1.58. The van der Waals surface area contributed by atoms with Crippen LogP contribution >= 0.6 is 11.8 Å². The lowest BCUT2D eigenvalue weighted by molar-refractivity contribution is -0.135. The van der Waals surface area contributed by atoms with Crippen molar-refractivity contribution in [3.63, 3.8) is 0 Å². The summed E-state index contributed by atoms with van der Waals surface area (Å²) in [5.41, 5.74) is 1.11. The van der Waals surface area contributed by atoms with Gasteiger partial charge >= 0.3 is 0 Å². The van der Waals surface area contributed by atoms with Gasteiger partial charge in [-0.1, -0.05) is 18.9 Å². The van der Waals surface area contributed by atoms with Gasteiger partial charge in [-0.3, -0.25) is 9.59 Å². The highest BCUT2D eigenvalue weighted by molar-refractivity contribution is 8.01. The Labute approximate surface area is 182 Å². The number of carbonyl (C=O) groups excluding carboxylic acids is 2. The van der Waals surface area contributed by atoms with E-state index in [-0.39, 0.29) is 21.6 Å². The Balaban J connectivity index is 1.55. The number of sulfonamides is 1. The molecule has 1 aromatic rings. The summed E-state index contributed by atoms with van der Waals surface area (Å²) in [6.07, 6.45) is 5.07. The fourth-order valence-corrected chi connectivity index (χ4v) is 7.82. The molecule has 3 fully saturated rings. The molecule has 0 bridgehead atoms. The van der Waals surface area contributed by atoms with E-state index in [1.54, 1.807) is 46.1 Å². The Morgan fingerprint density at radius 1 is 1.20 bits per heavy atom. The van der Waals surface area contributed by atoms with Crippen LogP contribution in [-0.2, 0) is 19.6 Å². The van der Waals surface area contributed by atoms with E-state index in [9.17, 15) is 18.0 Å². The predicted molar refractivity (Wildman–Crippen MR) is 118 cm³/mol. The summed E-state index contributed by atoms with van der Waals surface area (Å²) in [5.74, 6) is 0.304. The van der Waals surface area contributed by atoms with Gasteiger partial charge in [0.05, 0.1) is 9.77 Å². The first-order chi connectivity index (χ1) is 14.2. The molecular formula is C21H29N3O4S2. The number of hydrogen-bond acceptors (Lipinski definition) is 5. The molecule has 2 amide bonds. The van der Waals surface area contributed by atoms with Crippen LogP contribution in [0.25, 0.3) is 0 Å². The molecular weight excluding hydrogens is 422 g/mol. The molecule has 1 N–H and O–H groups in total. The summed E-state index contributed by atoms with van der Waals surface area (Å²) in [6.45, 7) is 4.85. The number of aryl methyl sites for hydroxylation is 1. The molecule has 4 rings (SSSR count). The first kappa shape index (κ1) is 21.6. The third-order valence-corrected chi connectivity index (χ3v) is 9.93. The van der Waals surface area contributed by atoms with Crippen LogP contribution in [0.5, 0.6) is 0 Å². The summed E-state index contributed by atoms with van der Waals surface area (Å²) in [4.78, 5) is 26.9. The molecule has 0 aromatic heterocycles. The minimum atomic E-state index is -3.61. The first-order valence-corrected chi connectivity index (χ1v) is 13.0. The number of anilines is 1. The molecule has 7 nitrogen and oxygen atoms in total. The molecule has 0 spiro atoms. The van der Waals surface area contributed by atoms with Crippen molar-refractivity contribution in [2.75, 3.05) is 24.2 Å². The average Bonchev–Trinajstić information content (AvgIpc) is 3.04. The number of hydrogen-bond donors (Lipinski definition) is 1. The molecule has 3 saturated heterocycles. The Morgan fingerprint density at radius 2 is 1.90 bits per heavy atom. The van der Waals surface area contributed by atoms with Crippen molar-refractivity contribution in [1.29, 1.82) is 0 Å². The molecule has 0 saturated carbocycles. The van der Waals surface area contributed by atoms with E-state index in [1.807, 2.05) is 6.92 Å². The van der Waals surface area contributed by atoms with Gasteiger partial charge in [-0.25, -0.2) is 8.42 Å². The maximum atomic E-state index is 13.2. The van der Waals surface area contributed by atoms with Gasteiger partial charge in [0.1, 0.15) is 6.04 Å². The fraction of sp³-hybridized carbons (Fsp3) is 0.619. The zero-order valence-corrected chi connectivity index (χ0v) is 19.2. The molecule has 0 aliphatic carbocycles. The molecule has 9 heteroatoms. The Bertz CT molecular complexity index is 957. The molecule has 3 heterocycles. The van der Waals surface area contributed by atoms with Gasteiger partial charge in [-0.2, -0.15) is 4.31 Å². The SMILES string of the molecule is Cc1ccc(NC(=O)[C@@H]2CS[C@]3(C)CCC(=O)N23)cc1S(=O)(=O)N1CCCCCC1. The van der Waals surface area contributed by atoms with Crippen LogP contribution in [0.4, 0.5) is 5.69 Å². The van der Waals surface area contributed by atoms with Gasteiger partial charge in [0.15, 0.2) is 0 Å². The van der Waals surface area contributed by atoms with Crippen molar-refractivity contribution in [3.05, 3.63) is 23.8 Å². The normalized spacial score (nSPS) is 27.7. The summed E-state index contributed by atoms with van der Waals surface area (Å²) in [7, 11) is -3.61. The second-order valence-electron chi connectivity index (χ2n) is 8.55. The van der Waals surface area contributed by atoms with E-state index in [4.69, 9.17) is 0 Å². The highest BCUT2D eigenvalue weighted by atomic mass is 32.2. The van der Waals surface area contributed by atoms with Crippen molar-refractivity contribution in [3.8, 4) is 0 Å². The van der Waals surface area contributed by atoms with Crippen LogP contribution in [-0.4, -0.2) is 59.2 Å². The van der Waals surface area contributed by atoms with Crippen molar-refractivity contribution >= 4 is 39.3 Å². The van der Waals surface area contributed by atoms with Gasteiger partial charge in [0.2, 0.25) is 21.8 Å². The van der Waals surface area contributed by atoms with E-state index < -0.39 is 16.1 Å². The van der Waals surface area contributed by atoms with Crippen molar-refractivity contribution in [2.45, 2.75) is 68.2 Å². The highest BCUT2D eigenvalue weighted by Crippen LogP contribution is 2.47. The first-order valence-electron chi connectivity index (χ1n) is 10.6. The maximum absolute atomic E-state index is 13.2. The number of benzene rings is 1. The Morgan fingerprint density at radius 3 is 2.60 bits per heavy atom. The number of rotatable bonds is 4. The van der Waals surface area contributed by atoms with Gasteiger partial charge in [-0.05, 0) is 50.8 Å². The van der Waals surface area contributed by atoms with Gasteiger partial charge in [-0.15, -0.1) is 11.8 Å². The van der Waals surface area contributed by atoms with Crippen molar-refractivity contribution < 1.29 is 18.0 Å². The van der Waals surface area contributed by atoms with Crippen LogP contribution in [0, 0.1) is 6.92 Å². The van der Waals surface area contributed by atoms with E-state index >= 15 is 0 Å². The standard InChI is InChI=1S/C21H29N3O4S2/c1-15-7-8-16(13-18(15)30(27,28)23-11-5-3-4-6-12-23)22-20(26)17-14-29-21(2)10-9-19(25)24(17)21/h7-8,13,17H,3-6,9-12,14H2,1-2H3,(H,22,26)/t17-,21+/m0/s1. The lowest BCUT2D eigenvalue weighted by atomic mass is 10.2. The molecule has 30 heavy (non-hydrogen) atoms. The summed E-state index contributed by atoms with van der Waals surface area (Å²) < 4.78 is 28.1. The molecule has 1 aromatic carbocycles. The maximum Gasteiger partial charge on any atom is 0.248 e. The highest BCUT2D eigenvalue weighted by Gasteiger charge is 2.52. The number of nitrogens with zero attached hydrogens (tertiary/aromatic N) is 2. The van der Waals surface area contributed by atoms with E-state index in [1.165, 1.54) is 0 Å². The summed E-state index contributed by atoms with van der Waals surface area (Å²) in [5, 5.41) is 2.86. The van der Waals surface area contributed by atoms with Crippen LogP contribution in [0.2, 0.25) is 0 Å². The van der Waals surface area contributed by atoms with E-state index in [0.717, 1.165) is 32.1 Å². The predicted octanol–water partition coefficient (Wildman–Crippen LogP) is 2.95. The van der Waals surface area contributed by atoms with E-state index in [0.29, 0.717) is 36.5 Å². The largest absolute Gasteiger partial charge is 0.324 e. The lowest BCUT2D eigenvalue weighted by Gasteiger charge is -2.30. The van der Waals surface area contributed by atoms with Crippen LogP contribution < -0.4 is 5.32 Å². The minimum absolute atomic E-state index is 0.0102. The molecule has 0 unspecified atom stereocenters. The average molecular weight is 452 g/mol. The molecule has 0 radical (unpaired) electrons. The molecule has 2 atom stereocenters. The smallest absolute Gasteiger partial charge is 0.248 e. The summed E-state index contributed by atoms with van der Waals surface area (Å²) >= 11 is 1.64. The zero-order chi connectivity index (χ0) is 21.5. The zero-order valence-electron chi connectivity index (χ0n) is 17.5. The Kier molecular flexibility index (Phi) is 5.89. The third kappa shape index (κ3) is 3.87. The van der Waals surface area contributed by atoms with Crippen molar-refractivity contribution in [1.82, 2.24) is 9.21 Å². The number of fused-ring (bicyclic) bond motifs is 1. The quantitative estimate of drug-likeness (QED) is 0.761. The van der Waals surface area contributed by atoms with E-state index in [2.05, 4.69) is 5.32 Å².